The maximum absolute atomic E-state index is 5.60. The van der Waals surface area contributed by atoms with Crippen LogP contribution in [0.2, 0.25) is 0 Å². The SMILES string of the molecule is CCCNCCOCc1cnn(-c2ccccc2)c1. The highest BCUT2D eigenvalue weighted by atomic mass is 16.5. The van der Waals surface area contributed by atoms with Crippen molar-refractivity contribution in [2.75, 3.05) is 19.7 Å². The topological polar surface area (TPSA) is 39.1 Å². The molecule has 1 aromatic carbocycles. The third kappa shape index (κ3) is 4.50. The van der Waals surface area contributed by atoms with Gasteiger partial charge in [-0.05, 0) is 25.1 Å². The molecule has 1 heterocycles. The first-order chi connectivity index (χ1) is 9.40. The van der Waals surface area contributed by atoms with Gasteiger partial charge in [-0.25, -0.2) is 4.68 Å². The molecule has 0 spiro atoms. The smallest absolute Gasteiger partial charge is 0.0748 e. The normalized spacial score (nSPS) is 10.8. The van der Waals surface area contributed by atoms with Gasteiger partial charge in [0.15, 0.2) is 0 Å². The standard InChI is InChI=1S/C15H21N3O/c1-2-8-16-9-10-19-13-14-11-17-18(12-14)15-6-4-3-5-7-15/h3-7,11-12,16H,2,8-10,13H2,1H3. The van der Waals surface area contributed by atoms with E-state index < -0.39 is 0 Å². The summed E-state index contributed by atoms with van der Waals surface area (Å²) in [4.78, 5) is 0. The van der Waals surface area contributed by atoms with Crippen molar-refractivity contribution in [3.63, 3.8) is 0 Å². The van der Waals surface area contributed by atoms with Gasteiger partial charge in [-0.3, -0.25) is 0 Å². The zero-order valence-electron chi connectivity index (χ0n) is 11.4. The average Bonchev–Trinajstić information content (AvgIpc) is 2.92. The van der Waals surface area contributed by atoms with Gasteiger partial charge in [0.1, 0.15) is 0 Å². The number of nitrogens with one attached hydrogen (secondary N) is 1. The summed E-state index contributed by atoms with van der Waals surface area (Å²) >= 11 is 0. The Kier molecular flexibility index (Phi) is 5.59. The summed E-state index contributed by atoms with van der Waals surface area (Å²) in [6, 6.07) is 10.1. The van der Waals surface area contributed by atoms with Crippen molar-refractivity contribution in [1.29, 1.82) is 0 Å². The van der Waals surface area contributed by atoms with Crippen LogP contribution in [0.4, 0.5) is 0 Å². The third-order valence-corrected chi connectivity index (χ3v) is 2.78. The Hall–Kier alpha value is -1.65. The molecule has 19 heavy (non-hydrogen) atoms. The van der Waals surface area contributed by atoms with Gasteiger partial charge in [0, 0.05) is 18.3 Å². The molecule has 4 heteroatoms. The van der Waals surface area contributed by atoms with Crippen LogP contribution in [-0.2, 0) is 11.3 Å². The maximum atomic E-state index is 5.60. The number of nitrogens with zero attached hydrogens (tertiary/aromatic N) is 2. The van der Waals surface area contributed by atoms with Gasteiger partial charge in [-0.15, -0.1) is 0 Å². The van der Waals surface area contributed by atoms with Crippen molar-refractivity contribution >= 4 is 0 Å². The molecule has 0 bridgehead atoms. The number of hydrogen-bond acceptors (Lipinski definition) is 3. The molecule has 0 radical (unpaired) electrons. The summed E-state index contributed by atoms with van der Waals surface area (Å²) in [6.07, 6.45) is 5.02. The summed E-state index contributed by atoms with van der Waals surface area (Å²) in [5, 5.41) is 7.64. The summed E-state index contributed by atoms with van der Waals surface area (Å²) in [6.45, 7) is 5.46. The van der Waals surface area contributed by atoms with Crippen LogP contribution >= 0.6 is 0 Å². The lowest BCUT2D eigenvalue weighted by molar-refractivity contribution is 0.123. The lowest BCUT2D eigenvalue weighted by atomic mass is 10.3. The van der Waals surface area contributed by atoms with Crippen molar-refractivity contribution in [3.8, 4) is 5.69 Å². The maximum Gasteiger partial charge on any atom is 0.0748 e. The van der Waals surface area contributed by atoms with Crippen LogP contribution in [0.1, 0.15) is 18.9 Å². The number of para-hydroxylation sites is 1. The zero-order valence-corrected chi connectivity index (χ0v) is 11.4. The van der Waals surface area contributed by atoms with E-state index >= 15 is 0 Å². The molecule has 0 amide bonds. The minimum Gasteiger partial charge on any atom is -0.375 e. The fourth-order valence-electron chi connectivity index (χ4n) is 1.79. The van der Waals surface area contributed by atoms with Gasteiger partial charge in [0.05, 0.1) is 25.1 Å². The molecule has 1 aromatic heterocycles. The molecule has 0 aliphatic rings. The molecule has 2 aromatic rings. The Morgan fingerprint density at radius 2 is 2.05 bits per heavy atom. The van der Waals surface area contributed by atoms with Crippen molar-refractivity contribution in [1.82, 2.24) is 15.1 Å². The minimum atomic E-state index is 0.612. The molecule has 0 aliphatic heterocycles. The van der Waals surface area contributed by atoms with Crippen molar-refractivity contribution in [3.05, 3.63) is 48.3 Å². The van der Waals surface area contributed by atoms with Gasteiger partial charge in [0.2, 0.25) is 0 Å². The molecule has 1 N–H and O–H groups in total. The van der Waals surface area contributed by atoms with E-state index in [1.807, 2.05) is 47.4 Å². The molecular weight excluding hydrogens is 238 g/mol. The van der Waals surface area contributed by atoms with Crippen LogP contribution in [-0.4, -0.2) is 29.5 Å². The van der Waals surface area contributed by atoms with E-state index in [9.17, 15) is 0 Å². The summed E-state index contributed by atoms with van der Waals surface area (Å²) in [5.41, 5.74) is 2.16. The van der Waals surface area contributed by atoms with Crippen molar-refractivity contribution in [2.45, 2.75) is 20.0 Å². The van der Waals surface area contributed by atoms with E-state index in [4.69, 9.17) is 4.74 Å². The Labute approximate surface area is 114 Å². The van der Waals surface area contributed by atoms with Crippen LogP contribution in [0.25, 0.3) is 5.69 Å². The van der Waals surface area contributed by atoms with Crippen LogP contribution in [0, 0.1) is 0 Å². The summed E-state index contributed by atoms with van der Waals surface area (Å²) in [5.74, 6) is 0. The van der Waals surface area contributed by atoms with Crippen LogP contribution in [0.15, 0.2) is 42.7 Å². The highest BCUT2D eigenvalue weighted by Crippen LogP contribution is 2.08. The quantitative estimate of drug-likeness (QED) is 0.740. The minimum absolute atomic E-state index is 0.612. The molecule has 0 saturated heterocycles. The highest BCUT2D eigenvalue weighted by molar-refractivity contribution is 5.30. The Morgan fingerprint density at radius 3 is 2.84 bits per heavy atom. The highest BCUT2D eigenvalue weighted by Gasteiger charge is 2.00. The van der Waals surface area contributed by atoms with Crippen LogP contribution < -0.4 is 5.32 Å². The van der Waals surface area contributed by atoms with E-state index in [1.165, 1.54) is 0 Å². The van der Waals surface area contributed by atoms with E-state index in [-0.39, 0.29) is 0 Å². The molecule has 102 valence electrons. The van der Waals surface area contributed by atoms with Crippen LogP contribution in [0.5, 0.6) is 0 Å². The number of hydrogen-bond donors (Lipinski definition) is 1. The average molecular weight is 259 g/mol. The second-order valence-electron chi connectivity index (χ2n) is 4.43. The van der Waals surface area contributed by atoms with Gasteiger partial charge in [0.25, 0.3) is 0 Å². The van der Waals surface area contributed by atoms with Crippen molar-refractivity contribution < 1.29 is 4.74 Å². The van der Waals surface area contributed by atoms with Crippen molar-refractivity contribution in [2.24, 2.45) is 0 Å². The zero-order chi connectivity index (χ0) is 13.3. The molecule has 0 saturated carbocycles. The Morgan fingerprint density at radius 1 is 1.21 bits per heavy atom. The largest absolute Gasteiger partial charge is 0.375 e. The van der Waals surface area contributed by atoms with E-state index in [2.05, 4.69) is 17.3 Å². The summed E-state index contributed by atoms with van der Waals surface area (Å²) in [7, 11) is 0. The van der Waals surface area contributed by atoms with Gasteiger partial charge >= 0.3 is 0 Å². The molecule has 0 fully saturated rings. The number of aromatic nitrogens is 2. The first-order valence-corrected chi connectivity index (χ1v) is 6.77. The third-order valence-electron chi connectivity index (χ3n) is 2.78. The van der Waals surface area contributed by atoms with Gasteiger partial charge < -0.3 is 10.1 Å². The monoisotopic (exact) mass is 259 g/mol. The fraction of sp³-hybridized carbons (Fsp3) is 0.400. The molecule has 2 rings (SSSR count). The van der Waals surface area contributed by atoms with Gasteiger partial charge in [-0.2, -0.15) is 5.10 Å². The molecular formula is C15H21N3O. The lowest BCUT2D eigenvalue weighted by Crippen LogP contribution is -2.20. The van der Waals surface area contributed by atoms with Gasteiger partial charge in [-0.1, -0.05) is 25.1 Å². The van der Waals surface area contributed by atoms with E-state index in [1.54, 1.807) is 0 Å². The first-order valence-electron chi connectivity index (χ1n) is 6.77. The predicted octanol–water partition coefficient (Wildman–Crippen LogP) is 2.39. The molecule has 0 atom stereocenters. The Balaban J connectivity index is 1.75. The second kappa shape index (κ2) is 7.71. The number of benzene rings is 1. The number of rotatable bonds is 8. The number of ether oxygens (including phenoxy) is 1. The predicted molar refractivity (Wildman–Crippen MR) is 76.4 cm³/mol. The first kappa shape index (κ1) is 13.8. The lowest BCUT2D eigenvalue weighted by Gasteiger charge is -2.03. The molecule has 0 aliphatic carbocycles. The van der Waals surface area contributed by atoms with E-state index in [0.29, 0.717) is 6.61 Å². The van der Waals surface area contributed by atoms with Crippen LogP contribution in [0.3, 0.4) is 0 Å². The second-order valence-corrected chi connectivity index (χ2v) is 4.43. The fourth-order valence-corrected chi connectivity index (χ4v) is 1.79. The summed E-state index contributed by atoms with van der Waals surface area (Å²) < 4.78 is 7.47. The van der Waals surface area contributed by atoms with E-state index in [0.717, 1.165) is 37.4 Å². The Bertz CT molecular complexity index is 467. The molecule has 4 nitrogen and oxygen atoms in total. The molecule has 0 unspecified atom stereocenters.